The summed E-state index contributed by atoms with van der Waals surface area (Å²) < 4.78 is 5.55. The topological polar surface area (TPSA) is 61.0 Å². The van der Waals surface area contributed by atoms with Crippen LogP contribution in [0.15, 0.2) is 0 Å². The van der Waals surface area contributed by atoms with E-state index >= 15 is 0 Å². The van der Waals surface area contributed by atoms with Gasteiger partial charge in [-0.05, 0) is 27.2 Å². The lowest BCUT2D eigenvalue weighted by atomic mass is 10.2. The van der Waals surface area contributed by atoms with Gasteiger partial charge in [-0.2, -0.15) is 0 Å². The van der Waals surface area contributed by atoms with Crippen LogP contribution in [-0.2, 0) is 4.74 Å². The number of anilines is 1. The Balaban J connectivity index is 3.03. The molecule has 15 heavy (non-hydrogen) atoms. The van der Waals surface area contributed by atoms with Gasteiger partial charge >= 0.3 is 0 Å². The first-order valence-corrected chi connectivity index (χ1v) is 5.32. The Bertz CT molecular complexity index is 316. The number of hydrogen-bond acceptors (Lipinski definition) is 4. The first kappa shape index (κ1) is 11.9. The molecule has 0 aliphatic carbocycles. The Morgan fingerprint density at radius 3 is 2.40 bits per heavy atom. The maximum Gasteiger partial charge on any atom is 0.159 e. The molecule has 4 nitrogen and oxygen atoms in total. The van der Waals surface area contributed by atoms with E-state index in [1.165, 1.54) is 0 Å². The Hall–Kier alpha value is -1.16. The van der Waals surface area contributed by atoms with Crippen LogP contribution in [0.25, 0.3) is 0 Å². The summed E-state index contributed by atoms with van der Waals surface area (Å²) in [5, 5.41) is 0. The van der Waals surface area contributed by atoms with Crippen LogP contribution in [0.3, 0.4) is 0 Å². The first-order chi connectivity index (χ1) is 7.10. The monoisotopic (exact) mass is 209 g/mol. The van der Waals surface area contributed by atoms with Gasteiger partial charge < -0.3 is 10.5 Å². The van der Waals surface area contributed by atoms with Crippen molar-refractivity contribution in [3.63, 3.8) is 0 Å². The van der Waals surface area contributed by atoms with Crippen molar-refractivity contribution in [1.29, 1.82) is 0 Å². The van der Waals surface area contributed by atoms with Gasteiger partial charge in [0.25, 0.3) is 0 Å². The highest BCUT2D eigenvalue weighted by molar-refractivity contribution is 5.40. The maximum absolute atomic E-state index is 5.80. The number of nitrogen functional groups attached to an aromatic ring is 1. The van der Waals surface area contributed by atoms with E-state index in [0.717, 1.165) is 17.7 Å². The molecule has 0 saturated heterocycles. The van der Waals surface area contributed by atoms with Crippen molar-refractivity contribution in [2.24, 2.45) is 0 Å². The summed E-state index contributed by atoms with van der Waals surface area (Å²) in [7, 11) is 0. The Labute approximate surface area is 90.9 Å². The summed E-state index contributed by atoms with van der Waals surface area (Å²) in [6.45, 7) is 8.54. The molecule has 2 N–H and O–H groups in total. The summed E-state index contributed by atoms with van der Waals surface area (Å²) in [6.07, 6.45) is 0.812. The quantitative estimate of drug-likeness (QED) is 0.825. The molecule has 0 saturated carbocycles. The van der Waals surface area contributed by atoms with Gasteiger partial charge in [0.2, 0.25) is 0 Å². The zero-order chi connectivity index (χ0) is 11.4. The predicted molar refractivity (Wildman–Crippen MR) is 60.6 cm³/mol. The van der Waals surface area contributed by atoms with Gasteiger partial charge in [0.1, 0.15) is 11.9 Å². The number of nitrogens with two attached hydrogens (primary N) is 1. The molecule has 0 amide bonds. The molecule has 1 heterocycles. The second-order valence-corrected chi connectivity index (χ2v) is 3.53. The highest BCUT2D eigenvalue weighted by Gasteiger charge is 2.14. The summed E-state index contributed by atoms with van der Waals surface area (Å²) in [5.74, 6) is 1.25. The molecule has 0 aliphatic rings. The molecular weight excluding hydrogens is 190 g/mol. The average molecular weight is 209 g/mol. The van der Waals surface area contributed by atoms with Crippen LogP contribution in [0.5, 0.6) is 0 Å². The molecule has 1 aromatic rings. The Morgan fingerprint density at radius 1 is 1.27 bits per heavy atom. The lowest BCUT2D eigenvalue weighted by Gasteiger charge is -2.15. The standard InChI is InChI=1S/C11H19N3O/c1-5-9(15-6-2)11-13-8(4)7(3)10(12)14-11/h9H,5-6H2,1-4H3,(H2,12,13,14). The second-order valence-electron chi connectivity index (χ2n) is 3.53. The van der Waals surface area contributed by atoms with Crippen molar-refractivity contribution < 1.29 is 4.74 Å². The number of rotatable bonds is 4. The summed E-state index contributed by atoms with van der Waals surface area (Å²) in [6, 6.07) is 0. The lowest BCUT2D eigenvalue weighted by molar-refractivity contribution is 0.0534. The highest BCUT2D eigenvalue weighted by Crippen LogP contribution is 2.20. The molecule has 0 aliphatic heterocycles. The van der Waals surface area contributed by atoms with Crippen molar-refractivity contribution in [2.45, 2.75) is 40.2 Å². The number of aryl methyl sites for hydroxylation is 1. The van der Waals surface area contributed by atoms with Gasteiger partial charge in [-0.15, -0.1) is 0 Å². The normalized spacial score (nSPS) is 12.8. The van der Waals surface area contributed by atoms with Crippen LogP contribution < -0.4 is 5.73 Å². The molecule has 1 atom stereocenters. The maximum atomic E-state index is 5.80. The fourth-order valence-electron chi connectivity index (χ4n) is 1.39. The van der Waals surface area contributed by atoms with Crippen molar-refractivity contribution >= 4 is 5.82 Å². The van der Waals surface area contributed by atoms with Crippen molar-refractivity contribution in [3.8, 4) is 0 Å². The minimum absolute atomic E-state index is 0.0448. The first-order valence-electron chi connectivity index (χ1n) is 5.32. The Kier molecular flexibility index (Phi) is 4.03. The van der Waals surface area contributed by atoms with Crippen LogP contribution in [0.2, 0.25) is 0 Å². The van der Waals surface area contributed by atoms with E-state index in [4.69, 9.17) is 10.5 Å². The number of hydrogen-bond donors (Lipinski definition) is 1. The zero-order valence-electron chi connectivity index (χ0n) is 9.87. The molecule has 1 unspecified atom stereocenters. The smallest absolute Gasteiger partial charge is 0.159 e. The molecule has 84 valence electrons. The third-order valence-corrected chi connectivity index (χ3v) is 2.47. The van der Waals surface area contributed by atoms with Crippen LogP contribution in [0, 0.1) is 13.8 Å². The van der Waals surface area contributed by atoms with E-state index < -0.39 is 0 Å². The van der Waals surface area contributed by atoms with E-state index in [9.17, 15) is 0 Å². The van der Waals surface area contributed by atoms with E-state index in [1.807, 2.05) is 20.8 Å². The highest BCUT2D eigenvalue weighted by atomic mass is 16.5. The number of ether oxygens (including phenoxy) is 1. The molecule has 0 fully saturated rings. The third-order valence-electron chi connectivity index (χ3n) is 2.47. The number of aromatic nitrogens is 2. The molecular formula is C11H19N3O. The molecule has 0 aromatic carbocycles. The van der Waals surface area contributed by atoms with E-state index in [1.54, 1.807) is 0 Å². The van der Waals surface area contributed by atoms with Gasteiger partial charge in [0.05, 0.1) is 0 Å². The zero-order valence-corrected chi connectivity index (χ0v) is 9.87. The number of nitrogens with zero attached hydrogens (tertiary/aromatic N) is 2. The lowest BCUT2D eigenvalue weighted by Crippen LogP contribution is -2.11. The van der Waals surface area contributed by atoms with Crippen molar-refractivity contribution in [3.05, 3.63) is 17.1 Å². The SMILES string of the molecule is CCOC(CC)c1nc(C)c(C)c(N)n1. The molecule has 0 radical (unpaired) electrons. The second kappa shape index (κ2) is 5.07. The van der Waals surface area contributed by atoms with Gasteiger partial charge in [-0.1, -0.05) is 6.92 Å². The average Bonchev–Trinajstić information content (AvgIpc) is 2.22. The molecule has 0 bridgehead atoms. The minimum Gasteiger partial charge on any atom is -0.383 e. The molecule has 1 aromatic heterocycles. The van der Waals surface area contributed by atoms with Crippen LogP contribution in [-0.4, -0.2) is 16.6 Å². The van der Waals surface area contributed by atoms with Crippen molar-refractivity contribution in [2.75, 3.05) is 12.3 Å². The van der Waals surface area contributed by atoms with Gasteiger partial charge in [-0.25, -0.2) is 9.97 Å². The summed E-state index contributed by atoms with van der Waals surface area (Å²) >= 11 is 0. The molecule has 1 rings (SSSR count). The van der Waals surface area contributed by atoms with E-state index in [-0.39, 0.29) is 6.10 Å². The van der Waals surface area contributed by atoms with Crippen molar-refractivity contribution in [1.82, 2.24) is 9.97 Å². The predicted octanol–water partition coefficient (Wildman–Crippen LogP) is 2.16. The van der Waals surface area contributed by atoms with Gasteiger partial charge in [0, 0.05) is 17.9 Å². The van der Waals surface area contributed by atoms with Crippen LogP contribution in [0.4, 0.5) is 5.82 Å². The molecule has 4 heteroatoms. The minimum atomic E-state index is -0.0448. The van der Waals surface area contributed by atoms with Crippen LogP contribution >= 0.6 is 0 Å². The van der Waals surface area contributed by atoms with Gasteiger partial charge in [0.15, 0.2) is 5.82 Å². The molecule has 0 spiro atoms. The van der Waals surface area contributed by atoms with Gasteiger partial charge in [-0.3, -0.25) is 0 Å². The largest absolute Gasteiger partial charge is 0.383 e. The fraction of sp³-hybridized carbons (Fsp3) is 0.636. The third kappa shape index (κ3) is 2.65. The van der Waals surface area contributed by atoms with E-state index in [2.05, 4.69) is 16.9 Å². The summed E-state index contributed by atoms with van der Waals surface area (Å²) in [4.78, 5) is 8.67. The Morgan fingerprint density at radius 2 is 1.93 bits per heavy atom. The summed E-state index contributed by atoms with van der Waals surface area (Å²) in [5.41, 5.74) is 7.68. The van der Waals surface area contributed by atoms with Crippen LogP contribution in [0.1, 0.15) is 43.5 Å². The fourth-order valence-corrected chi connectivity index (χ4v) is 1.39. The van der Waals surface area contributed by atoms with E-state index in [0.29, 0.717) is 18.2 Å².